The van der Waals surface area contributed by atoms with Gasteiger partial charge in [0.2, 0.25) is 5.91 Å². The molecule has 0 fully saturated rings. The van der Waals surface area contributed by atoms with Crippen LogP contribution in [0.2, 0.25) is 5.15 Å². The van der Waals surface area contributed by atoms with Gasteiger partial charge in [0.1, 0.15) is 5.15 Å². The molecule has 0 atom stereocenters. The number of carbonyl (C=O) groups is 1. The number of primary amides is 1. The Morgan fingerprint density at radius 2 is 1.93 bits per heavy atom. The molecule has 0 bridgehead atoms. The van der Waals surface area contributed by atoms with Crippen LogP contribution >= 0.6 is 11.6 Å². The zero-order chi connectivity index (χ0) is 10.8. The van der Waals surface area contributed by atoms with Crippen molar-refractivity contribution in [3.05, 3.63) is 35.4 Å². The van der Waals surface area contributed by atoms with E-state index in [4.69, 9.17) is 17.3 Å². The molecule has 76 valence electrons. The second-order valence-corrected chi connectivity index (χ2v) is 3.56. The monoisotopic (exact) mass is 221 g/mol. The summed E-state index contributed by atoms with van der Waals surface area (Å²) in [4.78, 5) is 18.8. The molecule has 0 saturated heterocycles. The third kappa shape index (κ3) is 2.22. The maximum absolute atomic E-state index is 10.7. The van der Waals surface area contributed by atoms with E-state index in [0.29, 0.717) is 10.8 Å². The molecule has 0 aromatic carbocycles. The molecular formula is C10H8ClN3O. The molecular weight excluding hydrogens is 214 g/mol. The molecule has 1 amide bonds. The van der Waals surface area contributed by atoms with Gasteiger partial charge in [-0.15, -0.1) is 0 Å². The van der Waals surface area contributed by atoms with Gasteiger partial charge in [-0.3, -0.25) is 9.78 Å². The van der Waals surface area contributed by atoms with Gasteiger partial charge in [0.05, 0.1) is 12.1 Å². The number of halogens is 1. The Labute approximate surface area is 91.1 Å². The minimum absolute atomic E-state index is 0.137. The number of aromatic nitrogens is 2. The van der Waals surface area contributed by atoms with E-state index < -0.39 is 5.91 Å². The van der Waals surface area contributed by atoms with Crippen molar-refractivity contribution in [1.29, 1.82) is 0 Å². The number of nitrogens with two attached hydrogens (primary N) is 1. The van der Waals surface area contributed by atoms with E-state index >= 15 is 0 Å². The van der Waals surface area contributed by atoms with Crippen LogP contribution in [0.25, 0.3) is 10.8 Å². The second kappa shape index (κ2) is 3.82. The van der Waals surface area contributed by atoms with Crippen molar-refractivity contribution >= 4 is 28.3 Å². The van der Waals surface area contributed by atoms with Gasteiger partial charge >= 0.3 is 0 Å². The molecule has 0 spiro atoms. The molecule has 0 radical (unpaired) electrons. The Kier molecular flexibility index (Phi) is 2.51. The van der Waals surface area contributed by atoms with Crippen LogP contribution in [-0.4, -0.2) is 15.9 Å². The summed E-state index contributed by atoms with van der Waals surface area (Å²) in [6.45, 7) is 0. The van der Waals surface area contributed by atoms with E-state index in [0.717, 1.165) is 10.8 Å². The molecule has 2 aromatic heterocycles. The number of carbonyl (C=O) groups excluding carboxylic acids is 1. The van der Waals surface area contributed by atoms with Gasteiger partial charge in [-0.05, 0) is 12.1 Å². The fourth-order valence-corrected chi connectivity index (χ4v) is 1.50. The van der Waals surface area contributed by atoms with Crippen LogP contribution in [0.3, 0.4) is 0 Å². The molecule has 15 heavy (non-hydrogen) atoms. The Balaban J connectivity index is 2.47. The molecule has 0 aliphatic carbocycles. The van der Waals surface area contributed by atoms with Crippen molar-refractivity contribution in [3.8, 4) is 0 Å². The first kappa shape index (κ1) is 9.86. The molecule has 0 aliphatic heterocycles. The number of hydrogen-bond donors (Lipinski definition) is 1. The van der Waals surface area contributed by atoms with Crippen molar-refractivity contribution in [2.24, 2.45) is 5.73 Å². The lowest BCUT2D eigenvalue weighted by Crippen LogP contribution is -2.14. The van der Waals surface area contributed by atoms with E-state index in [2.05, 4.69) is 9.97 Å². The first-order valence-corrected chi connectivity index (χ1v) is 4.71. The first-order chi connectivity index (χ1) is 7.15. The zero-order valence-corrected chi connectivity index (χ0v) is 8.53. The van der Waals surface area contributed by atoms with Gasteiger partial charge in [-0.25, -0.2) is 4.98 Å². The molecule has 5 heteroatoms. The van der Waals surface area contributed by atoms with Crippen molar-refractivity contribution < 1.29 is 4.79 Å². The third-order valence-corrected chi connectivity index (χ3v) is 2.19. The average molecular weight is 222 g/mol. The number of fused-ring (bicyclic) bond motifs is 1. The van der Waals surface area contributed by atoms with Crippen LogP contribution in [-0.2, 0) is 11.2 Å². The van der Waals surface area contributed by atoms with Crippen LogP contribution < -0.4 is 5.73 Å². The smallest absolute Gasteiger partial charge is 0.223 e. The van der Waals surface area contributed by atoms with Gasteiger partial charge in [-0.1, -0.05) is 11.6 Å². The molecule has 4 nitrogen and oxygen atoms in total. The lowest BCUT2D eigenvalue weighted by atomic mass is 10.2. The van der Waals surface area contributed by atoms with E-state index in [-0.39, 0.29) is 6.42 Å². The standard InChI is InChI=1S/C10H8ClN3O/c11-9-2-7-4-13-8(3-10(12)15)1-6(7)5-14-9/h1-2,4-5H,3H2,(H2,12,15). The SMILES string of the molecule is NC(=O)Cc1cc2cnc(Cl)cc2cn1. The van der Waals surface area contributed by atoms with Gasteiger partial charge in [0.15, 0.2) is 0 Å². The summed E-state index contributed by atoms with van der Waals surface area (Å²) in [6, 6.07) is 3.50. The number of nitrogens with zero attached hydrogens (tertiary/aromatic N) is 2. The van der Waals surface area contributed by atoms with Gasteiger partial charge in [0, 0.05) is 23.2 Å². The number of amides is 1. The van der Waals surface area contributed by atoms with Crippen molar-refractivity contribution in [2.75, 3.05) is 0 Å². The van der Waals surface area contributed by atoms with Crippen LogP contribution in [0.15, 0.2) is 24.5 Å². The molecule has 2 heterocycles. The highest BCUT2D eigenvalue weighted by atomic mass is 35.5. The van der Waals surface area contributed by atoms with E-state index in [9.17, 15) is 4.79 Å². The van der Waals surface area contributed by atoms with Crippen LogP contribution in [0.1, 0.15) is 5.69 Å². The summed E-state index contributed by atoms with van der Waals surface area (Å²) >= 11 is 5.73. The van der Waals surface area contributed by atoms with Crippen LogP contribution in [0.5, 0.6) is 0 Å². The predicted octanol–water partition coefficient (Wildman–Crippen LogP) is 1.31. The van der Waals surface area contributed by atoms with E-state index in [1.54, 1.807) is 24.5 Å². The normalized spacial score (nSPS) is 10.5. The Morgan fingerprint density at radius 1 is 1.27 bits per heavy atom. The second-order valence-electron chi connectivity index (χ2n) is 3.17. The highest BCUT2D eigenvalue weighted by molar-refractivity contribution is 6.30. The maximum Gasteiger partial charge on any atom is 0.223 e. The van der Waals surface area contributed by atoms with Gasteiger partial charge < -0.3 is 5.73 Å². The van der Waals surface area contributed by atoms with Crippen LogP contribution in [0.4, 0.5) is 0 Å². The zero-order valence-electron chi connectivity index (χ0n) is 7.77. The molecule has 2 aromatic rings. The predicted molar refractivity (Wildman–Crippen MR) is 57.4 cm³/mol. The number of rotatable bonds is 2. The topological polar surface area (TPSA) is 68.9 Å². The Morgan fingerprint density at radius 3 is 2.67 bits per heavy atom. The van der Waals surface area contributed by atoms with Gasteiger partial charge in [-0.2, -0.15) is 0 Å². The van der Waals surface area contributed by atoms with Gasteiger partial charge in [0.25, 0.3) is 0 Å². The minimum atomic E-state index is -0.399. The van der Waals surface area contributed by atoms with Crippen molar-refractivity contribution in [1.82, 2.24) is 9.97 Å². The van der Waals surface area contributed by atoms with E-state index in [1.165, 1.54) is 0 Å². The summed E-state index contributed by atoms with van der Waals surface area (Å²) in [7, 11) is 0. The largest absolute Gasteiger partial charge is 0.369 e. The lowest BCUT2D eigenvalue weighted by Gasteiger charge is -2.00. The first-order valence-electron chi connectivity index (χ1n) is 4.33. The molecule has 0 unspecified atom stereocenters. The van der Waals surface area contributed by atoms with E-state index in [1.807, 2.05) is 0 Å². The average Bonchev–Trinajstić information content (AvgIpc) is 2.17. The maximum atomic E-state index is 10.7. The number of hydrogen-bond acceptors (Lipinski definition) is 3. The summed E-state index contributed by atoms with van der Waals surface area (Å²) in [5.74, 6) is -0.399. The summed E-state index contributed by atoms with van der Waals surface area (Å²) < 4.78 is 0. The lowest BCUT2D eigenvalue weighted by molar-refractivity contribution is -0.117. The minimum Gasteiger partial charge on any atom is -0.369 e. The Bertz CT molecular complexity index is 527. The fraction of sp³-hybridized carbons (Fsp3) is 0.100. The summed E-state index contributed by atoms with van der Waals surface area (Å²) in [6.07, 6.45) is 3.43. The summed E-state index contributed by atoms with van der Waals surface area (Å²) in [5.41, 5.74) is 5.72. The summed E-state index contributed by atoms with van der Waals surface area (Å²) in [5, 5.41) is 2.21. The third-order valence-electron chi connectivity index (χ3n) is 1.98. The highest BCUT2D eigenvalue weighted by Gasteiger charge is 2.02. The fourth-order valence-electron chi connectivity index (χ4n) is 1.33. The van der Waals surface area contributed by atoms with Crippen LogP contribution in [0, 0.1) is 0 Å². The van der Waals surface area contributed by atoms with Crippen molar-refractivity contribution in [2.45, 2.75) is 6.42 Å². The highest BCUT2D eigenvalue weighted by Crippen LogP contribution is 2.16. The Hall–Kier alpha value is -1.68. The number of pyridine rings is 2. The molecule has 0 saturated carbocycles. The molecule has 2 rings (SSSR count). The quantitative estimate of drug-likeness (QED) is 0.778. The molecule has 2 N–H and O–H groups in total. The molecule has 0 aliphatic rings. The van der Waals surface area contributed by atoms with Crippen molar-refractivity contribution in [3.63, 3.8) is 0 Å².